The van der Waals surface area contributed by atoms with Gasteiger partial charge in [-0.1, -0.05) is 13.8 Å². The van der Waals surface area contributed by atoms with Crippen LogP contribution in [0.3, 0.4) is 0 Å². The smallest absolute Gasteiger partial charge is 0.239 e. The molecule has 2 atom stereocenters. The van der Waals surface area contributed by atoms with Crippen LogP contribution in [0, 0.1) is 5.92 Å². The third-order valence-corrected chi connectivity index (χ3v) is 5.79. The number of hydrogen-bond donors (Lipinski definition) is 1. The molecule has 0 aromatic heterocycles. The van der Waals surface area contributed by atoms with Gasteiger partial charge in [-0.3, -0.25) is 19.4 Å². The fourth-order valence-electron chi connectivity index (χ4n) is 3.58. The van der Waals surface area contributed by atoms with Crippen LogP contribution >= 0.6 is 0 Å². The Morgan fingerprint density at radius 1 is 1.04 bits per heavy atom. The number of amides is 2. The summed E-state index contributed by atoms with van der Waals surface area (Å²) in [5.41, 5.74) is 0. The van der Waals surface area contributed by atoms with Crippen LogP contribution in [0.5, 0.6) is 0 Å². The number of carbonyl (C=O) groups is 2. The van der Waals surface area contributed by atoms with E-state index in [0.717, 1.165) is 64.4 Å². The van der Waals surface area contributed by atoms with Gasteiger partial charge in [0.05, 0.1) is 12.6 Å². The average molecular weight is 353 g/mol. The van der Waals surface area contributed by atoms with E-state index in [1.165, 1.54) is 0 Å². The van der Waals surface area contributed by atoms with E-state index in [0.29, 0.717) is 6.54 Å². The maximum Gasteiger partial charge on any atom is 0.239 e. The standard InChI is InChI=1S/C19H36N4O2/c1-5-16(3)20-18(24)14-21-10-12-22(13-11-21)17(4)19(25)23-8-6-15(2)7-9-23/h15-17H,5-14H2,1-4H3,(H,20,24). The molecule has 0 saturated carbocycles. The van der Waals surface area contributed by atoms with Gasteiger partial charge in [0.25, 0.3) is 0 Å². The van der Waals surface area contributed by atoms with Crippen molar-refractivity contribution >= 4 is 11.8 Å². The van der Waals surface area contributed by atoms with E-state index < -0.39 is 0 Å². The van der Waals surface area contributed by atoms with Gasteiger partial charge in [-0.25, -0.2) is 0 Å². The fourth-order valence-corrected chi connectivity index (χ4v) is 3.58. The molecule has 1 N–H and O–H groups in total. The third-order valence-electron chi connectivity index (χ3n) is 5.79. The topological polar surface area (TPSA) is 55.9 Å². The predicted molar refractivity (Wildman–Crippen MR) is 100 cm³/mol. The minimum absolute atomic E-state index is 0.0514. The summed E-state index contributed by atoms with van der Waals surface area (Å²) in [6.45, 7) is 14.1. The minimum Gasteiger partial charge on any atom is -0.353 e. The Morgan fingerprint density at radius 3 is 2.20 bits per heavy atom. The summed E-state index contributed by atoms with van der Waals surface area (Å²) >= 11 is 0. The summed E-state index contributed by atoms with van der Waals surface area (Å²) in [5.74, 6) is 1.12. The maximum atomic E-state index is 12.7. The fraction of sp³-hybridized carbons (Fsp3) is 0.895. The highest BCUT2D eigenvalue weighted by molar-refractivity contribution is 5.81. The molecule has 0 radical (unpaired) electrons. The van der Waals surface area contributed by atoms with Crippen LogP contribution in [0.15, 0.2) is 0 Å². The summed E-state index contributed by atoms with van der Waals surface area (Å²) in [6, 6.07) is 0.184. The van der Waals surface area contributed by atoms with E-state index in [9.17, 15) is 9.59 Å². The van der Waals surface area contributed by atoms with E-state index in [4.69, 9.17) is 0 Å². The Morgan fingerprint density at radius 2 is 1.64 bits per heavy atom. The van der Waals surface area contributed by atoms with E-state index in [1.54, 1.807) is 0 Å². The second-order valence-electron chi connectivity index (χ2n) is 7.87. The van der Waals surface area contributed by atoms with Crippen LogP contribution in [0.25, 0.3) is 0 Å². The largest absolute Gasteiger partial charge is 0.353 e. The van der Waals surface area contributed by atoms with E-state index in [-0.39, 0.29) is 23.9 Å². The van der Waals surface area contributed by atoms with Crippen LogP contribution in [0.4, 0.5) is 0 Å². The molecular weight excluding hydrogens is 316 g/mol. The lowest BCUT2D eigenvalue weighted by Gasteiger charge is -2.40. The quantitative estimate of drug-likeness (QED) is 0.780. The lowest BCUT2D eigenvalue weighted by molar-refractivity contribution is -0.138. The SMILES string of the molecule is CCC(C)NC(=O)CN1CCN(C(C)C(=O)N2CCC(C)CC2)CC1. The van der Waals surface area contributed by atoms with Crippen molar-refractivity contribution in [2.75, 3.05) is 45.8 Å². The van der Waals surface area contributed by atoms with Gasteiger partial charge in [0.15, 0.2) is 0 Å². The lowest BCUT2D eigenvalue weighted by atomic mass is 9.98. The monoisotopic (exact) mass is 352 g/mol. The lowest BCUT2D eigenvalue weighted by Crippen LogP contribution is -2.56. The number of piperidine rings is 1. The predicted octanol–water partition coefficient (Wildman–Crippen LogP) is 1.17. The molecule has 6 nitrogen and oxygen atoms in total. The van der Waals surface area contributed by atoms with Crippen LogP contribution in [-0.4, -0.2) is 84.4 Å². The Hall–Kier alpha value is -1.14. The number of nitrogens with zero attached hydrogens (tertiary/aromatic N) is 3. The molecule has 2 fully saturated rings. The van der Waals surface area contributed by atoms with Gasteiger partial charge in [-0.15, -0.1) is 0 Å². The molecule has 2 aliphatic rings. The van der Waals surface area contributed by atoms with Crippen LogP contribution in [-0.2, 0) is 9.59 Å². The van der Waals surface area contributed by atoms with Crippen molar-refractivity contribution in [3.05, 3.63) is 0 Å². The molecule has 144 valence electrons. The summed E-state index contributed by atoms with van der Waals surface area (Å²) in [7, 11) is 0. The highest BCUT2D eigenvalue weighted by atomic mass is 16.2. The van der Waals surface area contributed by atoms with Gasteiger partial charge >= 0.3 is 0 Å². The summed E-state index contributed by atoms with van der Waals surface area (Å²) in [5, 5.41) is 3.02. The summed E-state index contributed by atoms with van der Waals surface area (Å²) < 4.78 is 0. The van der Waals surface area contributed by atoms with E-state index in [2.05, 4.69) is 29.0 Å². The molecule has 2 heterocycles. The van der Waals surface area contributed by atoms with Crippen LogP contribution < -0.4 is 5.32 Å². The second kappa shape index (κ2) is 9.53. The average Bonchev–Trinajstić information content (AvgIpc) is 2.61. The first kappa shape index (κ1) is 20.2. The van der Waals surface area contributed by atoms with Gasteiger partial charge in [-0.2, -0.15) is 0 Å². The molecule has 0 aromatic carbocycles. The first-order valence-corrected chi connectivity index (χ1v) is 9.95. The molecule has 0 bridgehead atoms. The molecule has 2 rings (SSSR count). The number of carbonyl (C=O) groups excluding carboxylic acids is 2. The second-order valence-corrected chi connectivity index (χ2v) is 7.87. The molecule has 2 aliphatic heterocycles. The van der Waals surface area contributed by atoms with Gasteiger partial charge in [0.2, 0.25) is 11.8 Å². The summed E-state index contributed by atoms with van der Waals surface area (Å²) in [4.78, 5) is 31.2. The van der Waals surface area contributed by atoms with Gasteiger partial charge in [0.1, 0.15) is 0 Å². The van der Waals surface area contributed by atoms with Gasteiger partial charge in [-0.05, 0) is 39.0 Å². The zero-order chi connectivity index (χ0) is 18.4. The molecule has 0 aromatic rings. The maximum absolute atomic E-state index is 12.7. The van der Waals surface area contributed by atoms with Crippen molar-refractivity contribution in [1.82, 2.24) is 20.0 Å². The number of rotatable bonds is 6. The minimum atomic E-state index is -0.0514. The van der Waals surface area contributed by atoms with E-state index in [1.807, 2.05) is 18.7 Å². The highest BCUT2D eigenvalue weighted by Gasteiger charge is 2.30. The van der Waals surface area contributed by atoms with Gasteiger partial charge in [0, 0.05) is 45.3 Å². The molecule has 2 saturated heterocycles. The molecule has 0 spiro atoms. The van der Waals surface area contributed by atoms with E-state index >= 15 is 0 Å². The number of piperazine rings is 1. The molecule has 25 heavy (non-hydrogen) atoms. The van der Waals surface area contributed by atoms with Crippen molar-refractivity contribution in [3.63, 3.8) is 0 Å². The van der Waals surface area contributed by atoms with Crippen LogP contribution in [0.1, 0.15) is 47.0 Å². The van der Waals surface area contributed by atoms with Crippen molar-refractivity contribution in [2.24, 2.45) is 5.92 Å². The third kappa shape index (κ3) is 5.96. The van der Waals surface area contributed by atoms with Crippen molar-refractivity contribution in [3.8, 4) is 0 Å². The molecule has 2 unspecified atom stereocenters. The Balaban J connectivity index is 1.73. The van der Waals surface area contributed by atoms with Gasteiger partial charge < -0.3 is 10.2 Å². The molecule has 6 heteroatoms. The number of hydrogen-bond acceptors (Lipinski definition) is 4. The Kier molecular flexibility index (Phi) is 7.69. The number of nitrogens with one attached hydrogen (secondary N) is 1. The number of likely N-dealkylation sites (tertiary alicyclic amines) is 1. The summed E-state index contributed by atoms with van der Waals surface area (Å²) in [6.07, 6.45) is 3.20. The normalized spacial score (nSPS) is 23.3. The highest BCUT2D eigenvalue weighted by Crippen LogP contribution is 2.18. The molecule has 0 aliphatic carbocycles. The van der Waals surface area contributed by atoms with Crippen molar-refractivity contribution < 1.29 is 9.59 Å². The van der Waals surface area contributed by atoms with Crippen molar-refractivity contribution in [2.45, 2.75) is 59.0 Å². The van der Waals surface area contributed by atoms with Crippen LogP contribution in [0.2, 0.25) is 0 Å². The Labute approximate surface area is 152 Å². The first-order chi connectivity index (χ1) is 11.9. The zero-order valence-electron chi connectivity index (χ0n) is 16.5. The first-order valence-electron chi connectivity index (χ1n) is 9.95. The van der Waals surface area contributed by atoms with Crippen molar-refractivity contribution in [1.29, 1.82) is 0 Å². The molecular formula is C19H36N4O2. The molecule has 2 amide bonds. The zero-order valence-corrected chi connectivity index (χ0v) is 16.5. The Bertz CT molecular complexity index is 441.